The first kappa shape index (κ1) is 11.4. The van der Waals surface area contributed by atoms with Crippen LogP contribution in [0.25, 0.3) is 0 Å². The van der Waals surface area contributed by atoms with Gasteiger partial charge in [0, 0.05) is 0 Å². The lowest BCUT2D eigenvalue weighted by Gasteiger charge is -2.12. The van der Waals surface area contributed by atoms with Gasteiger partial charge in [-0.2, -0.15) is 25.8 Å². The molecule has 0 nitrogen and oxygen atoms in total. The van der Waals surface area contributed by atoms with E-state index in [0.717, 1.165) is 6.07 Å². The van der Waals surface area contributed by atoms with Gasteiger partial charge in [-0.05, 0) is 23.3 Å². The first-order valence-electron chi connectivity index (χ1n) is 4.23. The van der Waals surface area contributed by atoms with Gasteiger partial charge in [0.25, 0.3) is 0 Å². The van der Waals surface area contributed by atoms with Crippen LogP contribution in [0.4, 0.5) is 13.2 Å². The van der Waals surface area contributed by atoms with Crippen molar-refractivity contribution in [3.8, 4) is 0 Å². The molecule has 0 aliphatic rings. The lowest BCUT2D eigenvalue weighted by Crippen LogP contribution is -2.06. The molecular formula is C10H11F3S. The summed E-state index contributed by atoms with van der Waals surface area (Å²) in [5.74, 6) is 0.585. The molecule has 0 aliphatic carbocycles. The van der Waals surface area contributed by atoms with Gasteiger partial charge < -0.3 is 0 Å². The van der Waals surface area contributed by atoms with Crippen LogP contribution in [-0.2, 0) is 6.18 Å². The largest absolute Gasteiger partial charge is 0.416 e. The van der Waals surface area contributed by atoms with Gasteiger partial charge in [0.1, 0.15) is 0 Å². The summed E-state index contributed by atoms with van der Waals surface area (Å²) in [6, 6.07) is 5.38. The summed E-state index contributed by atoms with van der Waals surface area (Å²) in [5.41, 5.74) is 0.0819. The highest BCUT2D eigenvalue weighted by atomic mass is 32.1. The molecule has 0 aliphatic heterocycles. The minimum absolute atomic E-state index is 0.0423. The Bertz CT molecular complexity index is 306. The summed E-state index contributed by atoms with van der Waals surface area (Å²) in [6.45, 7) is 1.85. The van der Waals surface area contributed by atoms with Gasteiger partial charge in [-0.25, -0.2) is 0 Å². The molecule has 1 aromatic carbocycles. The summed E-state index contributed by atoms with van der Waals surface area (Å²) < 4.78 is 36.9. The Labute approximate surface area is 86.5 Å². The Kier molecular flexibility index (Phi) is 3.48. The molecule has 0 aromatic heterocycles. The van der Waals surface area contributed by atoms with E-state index < -0.39 is 11.7 Å². The molecule has 0 amide bonds. The van der Waals surface area contributed by atoms with Gasteiger partial charge in [-0.15, -0.1) is 0 Å². The van der Waals surface area contributed by atoms with Gasteiger partial charge in [-0.3, -0.25) is 0 Å². The second-order valence-corrected chi connectivity index (χ2v) is 3.57. The molecule has 0 fully saturated rings. The maximum Gasteiger partial charge on any atom is 0.416 e. The van der Waals surface area contributed by atoms with Gasteiger partial charge in [0.2, 0.25) is 0 Å². The number of benzene rings is 1. The average Bonchev–Trinajstić information content (AvgIpc) is 2.15. The van der Waals surface area contributed by atoms with Crippen molar-refractivity contribution in [1.29, 1.82) is 0 Å². The van der Waals surface area contributed by atoms with Crippen LogP contribution in [0.5, 0.6) is 0 Å². The molecule has 1 atom stereocenters. The van der Waals surface area contributed by atoms with E-state index in [2.05, 4.69) is 12.6 Å². The maximum absolute atomic E-state index is 12.3. The highest BCUT2D eigenvalue weighted by molar-refractivity contribution is 7.80. The topological polar surface area (TPSA) is 0 Å². The van der Waals surface area contributed by atoms with Crippen molar-refractivity contribution in [3.63, 3.8) is 0 Å². The van der Waals surface area contributed by atoms with E-state index in [9.17, 15) is 13.2 Å². The van der Waals surface area contributed by atoms with Crippen molar-refractivity contribution in [3.05, 3.63) is 35.4 Å². The lowest BCUT2D eigenvalue weighted by atomic mass is 10.0. The Morgan fingerprint density at radius 3 is 2.50 bits per heavy atom. The molecule has 14 heavy (non-hydrogen) atoms. The molecule has 0 N–H and O–H groups in total. The zero-order valence-electron chi connectivity index (χ0n) is 7.67. The van der Waals surface area contributed by atoms with Crippen LogP contribution in [0.15, 0.2) is 24.3 Å². The Morgan fingerprint density at radius 2 is 2.00 bits per heavy atom. The second-order valence-electron chi connectivity index (χ2n) is 3.21. The van der Waals surface area contributed by atoms with E-state index in [1.54, 1.807) is 6.07 Å². The summed E-state index contributed by atoms with van der Waals surface area (Å²) >= 11 is 4.05. The lowest BCUT2D eigenvalue weighted by molar-refractivity contribution is -0.137. The molecule has 0 heterocycles. The van der Waals surface area contributed by atoms with Crippen molar-refractivity contribution in [1.82, 2.24) is 0 Å². The fraction of sp³-hybridized carbons (Fsp3) is 0.400. The zero-order chi connectivity index (χ0) is 10.8. The SMILES string of the molecule is CC(CS)c1cccc(C(F)(F)F)c1. The summed E-state index contributed by atoms with van der Waals surface area (Å²) in [7, 11) is 0. The predicted octanol–water partition coefficient (Wildman–Crippen LogP) is 3.74. The summed E-state index contributed by atoms with van der Waals surface area (Å²) in [5, 5.41) is 0. The molecule has 1 unspecified atom stereocenters. The summed E-state index contributed by atoms with van der Waals surface area (Å²) in [4.78, 5) is 0. The minimum Gasteiger partial charge on any atom is -0.179 e. The predicted molar refractivity (Wildman–Crippen MR) is 53.7 cm³/mol. The molecule has 1 rings (SSSR count). The minimum atomic E-state index is -4.26. The van der Waals surface area contributed by atoms with Crippen LogP contribution >= 0.6 is 12.6 Å². The van der Waals surface area contributed by atoms with E-state index in [-0.39, 0.29) is 5.92 Å². The Morgan fingerprint density at radius 1 is 1.36 bits per heavy atom. The van der Waals surface area contributed by atoms with Crippen molar-refractivity contribution in [2.24, 2.45) is 0 Å². The normalized spacial score (nSPS) is 14.1. The number of rotatable bonds is 2. The van der Waals surface area contributed by atoms with E-state index in [0.29, 0.717) is 11.3 Å². The number of hydrogen-bond donors (Lipinski definition) is 1. The van der Waals surface area contributed by atoms with Crippen LogP contribution < -0.4 is 0 Å². The molecule has 0 spiro atoms. The van der Waals surface area contributed by atoms with Gasteiger partial charge in [0.15, 0.2) is 0 Å². The van der Waals surface area contributed by atoms with Gasteiger partial charge in [-0.1, -0.05) is 25.1 Å². The standard InChI is InChI=1S/C10H11F3S/c1-7(6-14)8-3-2-4-9(5-8)10(11,12)13/h2-5,7,14H,6H2,1H3. The smallest absolute Gasteiger partial charge is 0.179 e. The molecule has 0 radical (unpaired) electrons. The fourth-order valence-corrected chi connectivity index (χ4v) is 1.34. The van der Waals surface area contributed by atoms with Gasteiger partial charge in [0.05, 0.1) is 5.56 Å². The Hall–Kier alpha value is -0.640. The maximum atomic E-state index is 12.3. The third-order valence-corrected chi connectivity index (χ3v) is 2.60. The fourth-order valence-electron chi connectivity index (χ4n) is 1.13. The zero-order valence-corrected chi connectivity index (χ0v) is 8.57. The number of hydrogen-bond acceptors (Lipinski definition) is 1. The number of alkyl halides is 3. The van der Waals surface area contributed by atoms with Crippen LogP contribution in [0.1, 0.15) is 24.0 Å². The molecule has 78 valence electrons. The summed E-state index contributed by atoms with van der Waals surface area (Å²) in [6.07, 6.45) is -4.26. The first-order valence-corrected chi connectivity index (χ1v) is 4.86. The third-order valence-electron chi connectivity index (χ3n) is 2.06. The van der Waals surface area contributed by atoms with Crippen LogP contribution in [0.2, 0.25) is 0 Å². The quantitative estimate of drug-likeness (QED) is 0.721. The van der Waals surface area contributed by atoms with Gasteiger partial charge >= 0.3 is 6.18 Å². The van der Waals surface area contributed by atoms with Crippen molar-refractivity contribution in [2.45, 2.75) is 19.0 Å². The van der Waals surface area contributed by atoms with Crippen LogP contribution in [0.3, 0.4) is 0 Å². The molecule has 0 saturated carbocycles. The Balaban J connectivity index is 3.01. The van der Waals surface area contributed by atoms with E-state index in [1.807, 2.05) is 6.92 Å². The number of halogens is 3. The van der Waals surface area contributed by atoms with E-state index >= 15 is 0 Å². The molecule has 0 saturated heterocycles. The van der Waals surface area contributed by atoms with E-state index in [4.69, 9.17) is 0 Å². The monoisotopic (exact) mass is 220 g/mol. The van der Waals surface area contributed by atoms with Crippen molar-refractivity contribution >= 4 is 12.6 Å². The van der Waals surface area contributed by atoms with Crippen LogP contribution in [-0.4, -0.2) is 5.75 Å². The third kappa shape index (κ3) is 2.67. The van der Waals surface area contributed by atoms with Crippen LogP contribution in [0, 0.1) is 0 Å². The molecule has 4 heteroatoms. The number of thiol groups is 1. The van der Waals surface area contributed by atoms with Crippen molar-refractivity contribution < 1.29 is 13.2 Å². The molecule has 1 aromatic rings. The van der Waals surface area contributed by atoms with E-state index in [1.165, 1.54) is 12.1 Å². The highest BCUT2D eigenvalue weighted by Crippen LogP contribution is 2.31. The molecular weight excluding hydrogens is 209 g/mol. The van der Waals surface area contributed by atoms with Crippen molar-refractivity contribution in [2.75, 3.05) is 5.75 Å². The average molecular weight is 220 g/mol. The highest BCUT2D eigenvalue weighted by Gasteiger charge is 2.30. The second kappa shape index (κ2) is 4.26. The molecule has 0 bridgehead atoms. The first-order chi connectivity index (χ1) is 6.45.